The van der Waals surface area contributed by atoms with Gasteiger partial charge in [0.1, 0.15) is 9.84 Å². The van der Waals surface area contributed by atoms with Gasteiger partial charge in [0.05, 0.1) is 5.75 Å². The van der Waals surface area contributed by atoms with Crippen LogP contribution in [-0.2, 0) is 9.84 Å². The molecule has 0 spiro atoms. The summed E-state index contributed by atoms with van der Waals surface area (Å²) >= 11 is 0. The zero-order valence-electron chi connectivity index (χ0n) is 12.2. The van der Waals surface area contributed by atoms with Crippen LogP contribution in [0.3, 0.4) is 0 Å². The largest absolute Gasteiger partial charge is 0.313 e. The first-order chi connectivity index (χ1) is 8.41. The van der Waals surface area contributed by atoms with Crippen molar-refractivity contribution in [1.29, 1.82) is 0 Å². The molecule has 1 atom stereocenters. The smallest absolute Gasteiger partial charge is 0.150 e. The summed E-state index contributed by atoms with van der Waals surface area (Å²) < 4.78 is 23.6. The first kappa shape index (κ1) is 16.0. The van der Waals surface area contributed by atoms with Gasteiger partial charge in [-0.15, -0.1) is 0 Å². The minimum absolute atomic E-state index is 0.137. The van der Waals surface area contributed by atoms with Gasteiger partial charge in [0.25, 0.3) is 0 Å². The Labute approximate surface area is 113 Å². The molecule has 1 fully saturated rings. The number of hydrogen-bond donors (Lipinski definition) is 1. The SMILES string of the molecule is CCCC(C)(CCS(=O)(=O)CCC)CNC1CC1. The molecule has 108 valence electrons. The van der Waals surface area contributed by atoms with E-state index in [1.54, 1.807) is 0 Å². The maximum atomic E-state index is 11.8. The lowest BCUT2D eigenvalue weighted by Crippen LogP contribution is -2.35. The summed E-state index contributed by atoms with van der Waals surface area (Å²) in [5.74, 6) is 0.689. The fraction of sp³-hybridized carbons (Fsp3) is 1.00. The van der Waals surface area contributed by atoms with E-state index in [0.717, 1.165) is 32.2 Å². The lowest BCUT2D eigenvalue weighted by atomic mass is 9.83. The molecular formula is C14H29NO2S. The van der Waals surface area contributed by atoms with Crippen molar-refractivity contribution in [2.75, 3.05) is 18.1 Å². The van der Waals surface area contributed by atoms with Gasteiger partial charge in [-0.1, -0.05) is 27.2 Å². The lowest BCUT2D eigenvalue weighted by Gasteiger charge is -2.29. The average Bonchev–Trinajstić information content (AvgIpc) is 3.09. The molecule has 1 N–H and O–H groups in total. The first-order valence-electron chi connectivity index (χ1n) is 7.34. The summed E-state index contributed by atoms with van der Waals surface area (Å²) in [4.78, 5) is 0. The van der Waals surface area contributed by atoms with Gasteiger partial charge in [0.15, 0.2) is 0 Å². The molecule has 0 heterocycles. The van der Waals surface area contributed by atoms with Crippen LogP contribution >= 0.6 is 0 Å². The highest BCUT2D eigenvalue weighted by Crippen LogP contribution is 2.29. The van der Waals surface area contributed by atoms with Crippen molar-refractivity contribution >= 4 is 9.84 Å². The van der Waals surface area contributed by atoms with E-state index in [4.69, 9.17) is 0 Å². The van der Waals surface area contributed by atoms with Gasteiger partial charge in [0, 0.05) is 18.3 Å². The normalized spacial score (nSPS) is 19.7. The zero-order valence-corrected chi connectivity index (χ0v) is 13.0. The average molecular weight is 275 g/mol. The van der Waals surface area contributed by atoms with Crippen LogP contribution in [0.15, 0.2) is 0 Å². The Bertz CT molecular complexity index is 336. The van der Waals surface area contributed by atoms with Crippen LogP contribution < -0.4 is 5.32 Å². The number of nitrogens with one attached hydrogen (secondary N) is 1. The summed E-state index contributed by atoms with van der Waals surface area (Å²) in [6.07, 6.45) is 6.33. The molecule has 0 aliphatic heterocycles. The fourth-order valence-electron chi connectivity index (χ4n) is 2.40. The number of hydrogen-bond acceptors (Lipinski definition) is 3. The van der Waals surface area contributed by atoms with Crippen LogP contribution in [0.2, 0.25) is 0 Å². The summed E-state index contributed by atoms with van der Waals surface area (Å²) in [6.45, 7) is 7.30. The molecule has 1 unspecified atom stereocenters. The van der Waals surface area contributed by atoms with Crippen molar-refractivity contribution in [3.05, 3.63) is 0 Å². The van der Waals surface area contributed by atoms with Gasteiger partial charge in [-0.3, -0.25) is 0 Å². The molecule has 1 saturated carbocycles. The van der Waals surface area contributed by atoms with E-state index >= 15 is 0 Å². The molecule has 1 rings (SSSR count). The second-order valence-corrected chi connectivity index (χ2v) is 8.42. The molecule has 0 radical (unpaired) electrons. The Hall–Kier alpha value is -0.0900. The Morgan fingerprint density at radius 2 is 1.78 bits per heavy atom. The van der Waals surface area contributed by atoms with E-state index in [2.05, 4.69) is 19.2 Å². The monoisotopic (exact) mass is 275 g/mol. The first-order valence-corrected chi connectivity index (χ1v) is 9.17. The van der Waals surface area contributed by atoms with Crippen molar-refractivity contribution in [1.82, 2.24) is 5.32 Å². The Morgan fingerprint density at radius 1 is 1.11 bits per heavy atom. The van der Waals surface area contributed by atoms with E-state index in [9.17, 15) is 8.42 Å². The third-order valence-corrected chi connectivity index (χ3v) is 5.64. The minimum atomic E-state index is -2.83. The van der Waals surface area contributed by atoms with Gasteiger partial charge in [-0.05, 0) is 37.5 Å². The van der Waals surface area contributed by atoms with Crippen molar-refractivity contribution in [3.63, 3.8) is 0 Å². The van der Waals surface area contributed by atoms with Crippen LogP contribution in [0.4, 0.5) is 0 Å². The summed E-state index contributed by atoms with van der Waals surface area (Å²) in [6, 6.07) is 0.702. The Balaban J connectivity index is 2.44. The molecule has 3 nitrogen and oxygen atoms in total. The highest BCUT2D eigenvalue weighted by atomic mass is 32.2. The summed E-state index contributed by atoms with van der Waals surface area (Å²) in [7, 11) is -2.83. The van der Waals surface area contributed by atoms with Gasteiger partial charge in [-0.25, -0.2) is 8.42 Å². The predicted molar refractivity (Wildman–Crippen MR) is 77.6 cm³/mol. The molecule has 0 aromatic rings. The molecular weight excluding hydrogens is 246 g/mol. The third kappa shape index (κ3) is 6.19. The molecule has 0 amide bonds. The summed E-state index contributed by atoms with van der Waals surface area (Å²) in [5.41, 5.74) is 0.137. The Kier molecular flexibility index (Phi) is 6.12. The summed E-state index contributed by atoms with van der Waals surface area (Å²) in [5, 5.41) is 3.56. The van der Waals surface area contributed by atoms with E-state index in [-0.39, 0.29) is 5.41 Å². The zero-order chi connectivity index (χ0) is 13.6. The van der Waals surface area contributed by atoms with Crippen LogP contribution in [0.1, 0.15) is 59.3 Å². The molecule has 1 aliphatic carbocycles. The van der Waals surface area contributed by atoms with Crippen molar-refractivity contribution in [2.45, 2.75) is 65.3 Å². The quantitative estimate of drug-likeness (QED) is 0.667. The molecule has 0 saturated heterocycles. The van der Waals surface area contributed by atoms with Crippen molar-refractivity contribution in [3.8, 4) is 0 Å². The predicted octanol–water partition coefficient (Wildman–Crippen LogP) is 2.76. The van der Waals surface area contributed by atoms with Crippen molar-refractivity contribution < 1.29 is 8.42 Å². The maximum absolute atomic E-state index is 11.8. The lowest BCUT2D eigenvalue weighted by molar-refractivity contribution is 0.266. The van der Waals surface area contributed by atoms with Gasteiger partial charge >= 0.3 is 0 Å². The van der Waals surface area contributed by atoms with Gasteiger partial charge in [-0.2, -0.15) is 0 Å². The number of rotatable bonds is 10. The van der Waals surface area contributed by atoms with E-state index in [1.807, 2.05) is 6.92 Å². The molecule has 0 bridgehead atoms. The highest BCUT2D eigenvalue weighted by molar-refractivity contribution is 7.91. The van der Waals surface area contributed by atoms with Gasteiger partial charge in [0.2, 0.25) is 0 Å². The number of sulfone groups is 1. The molecule has 0 aromatic carbocycles. The second-order valence-electron chi connectivity index (χ2n) is 6.12. The van der Waals surface area contributed by atoms with E-state index in [0.29, 0.717) is 17.5 Å². The Morgan fingerprint density at radius 3 is 2.28 bits per heavy atom. The molecule has 1 aliphatic rings. The molecule has 4 heteroatoms. The highest BCUT2D eigenvalue weighted by Gasteiger charge is 2.29. The molecule has 18 heavy (non-hydrogen) atoms. The molecule has 0 aromatic heterocycles. The van der Waals surface area contributed by atoms with Crippen LogP contribution in [0.5, 0.6) is 0 Å². The van der Waals surface area contributed by atoms with Crippen LogP contribution in [0.25, 0.3) is 0 Å². The van der Waals surface area contributed by atoms with Crippen LogP contribution in [-0.4, -0.2) is 32.5 Å². The van der Waals surface area contributed by atoms with Crippen molar-refractivity contribution in [2.24, 2.45) is 5.41 Å². The fourth-order valence-corrected chi connectivity index (χ4v) is 4.03. The van der Waals surface area contributed by atoms with Gasteiger partial charge < -0.3 is 5.32 Å². The standard InChI is InChI=1S/C14H29NO2S/c1-4-8-14(3,12-15-13-6-7-13)9-11-18(16,17)10-5-2/h13,15H,4-12H2,1-3H3. The van der Waals surface area contributed by atoms with E-state index in [1.165, 1.54) is 12.8 Å². The van der Waals surface area contributed by atoms with E-state index < -0.39 is 9.84 Å². The maximum Gasteiger partial charge on any atom is 0.150 e. The minimum Gasteiger partial charge on any atom is -0.313 e. The second kappa shape index (κ2) is 6.90. The topological polar surface area (TPSA) is 46.2 Å². The third-order valence-electron chi connectivity index (χ3n) is 3.78. The van der Waals surface area contributed by atoms with Crippen LogP contribution in [0, 0.1) is 5.41 Å².